The molecule has 12 heavy (non-hydrogen) atoms. The summed E-state index contributed by atoms with van der Waals surface area (Å²) in [5, 5.41) is 8.64. The molecule has 0 bridgehead atoms. The van der Waals surface area contributed by atoms with E-state index in [2.05, 4.69) is 0 Å². The number of carbonyl (C=O) groups is 1. The molecule has 72 valence electrons. The van der Waals surface area contributed by atoms with Gasteiger partial charge in [0.05, 0.1) is 5.92 Å². The maximum atomic E-state index is 13.9. The number of carboxylic acids is 1. The van der Waals surface area contributed by atoms with Crippen molar-refractivity contribution >= 4 is 5.97 Å². The molecule has 0 aromatic heterocycles. The van der Waals surface area contributed by atoms with Gasteiger partial charge >= 0.3 is 5.97 Å². The first-order valence-electron chi connectivity index (χ1n) is 4.02. The predicted molar refractivity (Wildman–Crippen MR) is 45.8 cm³/mol. The number of aliphatic carboxylic acids is 1. The van der Waals surface area contributed by atoms with E-state index in [1.807, 2.05) is 0 Å². The second-order valence-electron chi connectivity index (χ2n) is 4.39. The van der Waals surface area contributed by atoms with Gasteiger partial charge in [0.25, 0.3) is 0 Å². The van der Waals surface area contributed by atoms with E-state index in [1.54, 1.807) is 20.8 Å². The van der Waals surface area contributed by atoms with Crippen LogP contribution in [0.1, 0.15) is 34.6 Å². The van der Waals surface area contributed by atoms with Crippen LogP contribution in [0.25, 0.3) is 0 Å². The Morgan fingerprint density at radius 2 is 1.67 bits per heavy atom. The molecule has 0 saturated carbocycles. The number of rotatable bonds is 2. The smallest absolute Gasteiger partial charge is 0.309 e. The Morgan fingerprint density at radius 3 is 1.75 bits per heavy atom. The van der Waals surface area contributed by atoms with E-state index < -0.39 is 23.0 Å². The Morgan fingerprint density at radius 1 is 1.33 bits per heavy atom. The fourth-order valence-corrected chi connectivity index (χ4v) is 0.881. The van der Waals surface area contributed by atoms with Crippen LogP contribution in [0.4, 0.5) is 4.39 Å². The molecule has 0 spiro atoms. The minimum atomic E-state index is -1.68. The van der Waals surface area contributed by atoms with E-state index in [1.165, 1.54) is 13.8 Å². The molecule has 0 fully saturated rings. The Bertz CT molecular complexity index is 179. The highest BCUT2D eigenvalue weighted by Gasteiger charge is 2.45. The van der Waals surface area contributed by atoms with Gasteiger partial charge in [0, 0.05) is 0 Å². The highest BCUT2D eigenvalue weighted by atomic mass is 19.1. The molecule has 2 nitrogen and oxygen atoms in total. The lowest BCUT2D eigenvalue weighted by Crippen LogP contribution is -2.44. The van der Waals surface area contributed by atoms with Crippen LogP contribution < -0.4 is 0 Å². The van der Waals surface area contributed by atoms with E-state index in [-0.39, 0.29) is 0 Å². The third kappa shape index (κ3) is 1.96. The predicted octanol–water partition coefficient (Wildman–Crippen LogP) is 2.48. The van der Waals surface area contributed by atoms with Gasteiger partial charge in [0.1, 0.15) is 5.67 Å². The summed E-state index contributed by atoms with van der Waals surface area (Å²) in [6.45, 7) is 7.84. The van der Waals surface area contributed by atoms with Crippen LogP contribution in [-0.4, -0.2) is 16.7 Å². The van der Waals surface area contributed by atoms with E-state index in [9.17, 15) is 9.18 Å². The molecule has 0 aromatic rings. The molecule has 3 heteroatoms. The van der Waals surface area contributed by atoms with E-state index in [0.29, 0.717) is 0 Å². The third-order valence-corrected chi connectivity index (χ3v) is 2.65. The minimum Gasteiger partial charge on any atom is -0.481 e. The minimum absolute atomic E-state index is 0.648. The summed E-state index contributed by atoms with van der Waals surface area (Å²) in [6, 6.07) is 0. The molecular formula is C9H17FO2. The average Bonchev–Trinajstić information content (AvgIpc) is 1.83. The van der Waals surface area contributed by atoms with Crippen molar-refractivity contribution in [2.45, 2.75) is 40.3 Å². The third-order valence-electron chi connectivity index (χ3n) is 2.65. The SMILES string of the molecule is CC(C(=O)O)C(C)(F)C(C)(C)C. The van der Waals surface area contributed by atoms with E-state index in [4.69, 9.17) is 5.11 Å². The first kappa shape index (κ1) is 11.4. The molecule has 0 aliphatic heterocycles. The lowest BCUT2D eigenvalue weighted by Gasteiger charge is -2.37. The van der Waals surface area contributed by atoms with Gasteiger partial charge in [0.15, 0.2) is 0 Å². The molecule has 2 atom stereocenters. The zero-order chi connectivity index (χ0) is 10.2. The summed E-state index contributed by atoms with van der Waals surface area (Å²) >= 11 is 0. The number of hydrogen-bond acceptors (Lipinski definition) is 1. The first-order chi connectivity index (χ1) is 5.10. The van der Waals surface area contributed by atoms with Crippen LogP contribution in [-0.2, 0) is 4.79 Å². The second-order valence-corrected chi connectivity index (χ2v) is 4.39. The zero-order valence-electron chi connectivity index (χ0n) is 8.31. The van der Waals surface area contributed by atoms with Gasteiger partial charge in [-0.3, -0.25) is 4.79 Å². The van der Waals surface area contributed by atoms with Crippen LogP contribution >= 0.6 is 0 Å². The van der Waals surface area contributed by atoms with Crippen LogP contribution in [0, 0.1) is 11.3 Å². The molecule has 0 aliphatic rings. The van der Waals surface area contributed by atoms with Crippen LogP contribution in [0.2, 0.25) is 0 Å². The van der Waals surface area contributed by atoms with Crippen molar-refractivity contribution < 1.29 is 14.3 Å². The van der Waals surface area contributed by atoms with Gasteiger partial charge in [-0.25, -0.2) is 4.39 Å². The first-order valence-corrected chi connectivity index (χ1v) is 4.02. The lowest BCUT2D eigenvalue weighted by atomic mass is 9.72. The van der Waals surface area contributed by atoms with Crippen LogP contribution in [0.15, 0.2) is 0 Å². The molecule has 0 saturated heterocycles. The maximum Gasteiger partial charge on any atom is 0.309 e. The molecular weight excluding hydrogens is 159 g/mol. The van der Waals surface area contributed by atoms with Crippen LogP contribution in [0.5, 0.6) is 0 Å². The number of halogens is 1. The van der Waals surface area contributed by atoms with Crippen molar-refractivity contribution in [3.8, 4) is 0 Å². The topological polar surface area (TPSA) is 37.3 Å². The number of carboxylic acid groups (broad SMARTS) is 1. The van der Waals surface area contributed by atoms with Crippen molar-refractivity contribution in [2.75, 3.05) is 0 Å². The summed E-state index contributed by atoms with van der Waals surface area (Å²) in [5.41, 5.74) is -2.33. The van der Waals surface area contributed by atoms with Crippen molar-refractivity contribution in [1.29, 1.82) is 0 Å². The summed E-state index contributed by atoms with van der Waals surface area (Å²) in [7, 11) is 0. The largest absolute Gasteiger partial charge is 0.481 e. The fourth-order valence-electron chi connectivity index (χ4n) is 0.881. The summed E-state index contributed by atoms with van der Waals surface area (Å²) in [6.07, 6.45) is 0. The van der Waals surface area contributed by atoms with Crippen LogP contribution in [0.3, 0.4) is 0 Å². The molecule has 0 radical (unpaired) electrons. The van der Waals surface area contributed by atoms with Gasteiger partial charge < -0.3 is 5.11 Å². The molecule has 0 aromatic carbocycles. The summed E-state index contributed by atoms with van der Waals surface area (Å²) < 4.78 is 13.9. The van der Waals surface area contributed by atoms with Gasteiger partial charge in [-0.1, -0.05) is 20.8 Å². The molecule has 0 rings (SSSR count). The average molecular weight is 176 g/mol. The molecule has 2 unspecified atom stereocenters. The maximum absolute atomic E-state index is 13.9. The Labute approximate surface area is 72.8 Å². The van der Waals surface area contributed by atoms with Crippen molar-refractivity contribution in [1.82, 2.24) is 0 Å². The van der Waals surface area contributed by atoms with E-state index in [0.717, 1.165) is 0 Å². The monoisotopic (exact) mass is 176 g/mol. The zero-order valence-corrected chi connectivity index (χ0v) is 8.31. The number of hydrogen-bond donors (Lipinski definition) is 1. The normalized spacial score (nSPS) is 19.8. The molecule has 0 amide bonds. The quantitative estimate of drug-likeness (QED) is 0.701. The van der Waals surface area contributed by atoms with Crippen molar-refractivity contribution in [3.05, 3.63) is 0 Å². The van der Waals surface area contributed by atoms with Gasteiger partial charge in [-0.05, 0) is 19.3 Å². The second kappa shape index (κ2) is 3.04. The highest BCUT2D eigenvalue weighted by molar-refractivity contribution is 5.71. The fraction of sp³-hybridized carbons (Fsp3) is 0.889. The van der Waals surface area contributed by atoms with Gasteiger partial charge in [-0.2, -0.15) is 0 Å². The summed E-state index contributed by atoms with van der Waals surface area (Å²) in [5.74, 6) is -2.06. The highest BCUT2D eigenvalue weighted by Crippen LogP contribution is 2.39. The Balaban J connectivity index is 4.73. The molecule has 0 heterocycles. The standard InChI is InChI=1S/C9H17FO2/c1-6(7(11)12)9(5,10)8(2,3)4/h6H,1-5H3,(H,11,12). The van der Waals surface area contributed by atoms with Crippen molar-refractivity contribution in [3.63, 3.8) is 0 Å². The Hall–Kier alpha value is -0.600. The Kier molecular flexibility index (Phi) is 2.88. The van der Waals surface area contributed by atoms with Crippen molar-refractivity contribution in [2.24, 2.45) is 11.3 Å². The number of alkyl halides is 1. The molecule has 0 aliphatic carbocycles. The summed E-state index contributed by atoms with van der Waals surface area (Å²) in [4.78, 5) is 10.6. The van der Waals surface area contributed by atoms with Gasteiger partial charge in [0.2, 0.25) is 0 Å². The lowest BCUT2D eigenvalue weighted by molar-refractivity contribution is -0.150. The van der Waals surface area contributed by atoms with E-state index >= 15 is 0 Å². The van der Waals surface area contributed by atoms with Gasteiger partial charge in [-0.15, -0.1) is 0 Å². The molecule has 1 N–H and O–H groups in total.